The minimum Gasteiger partial charge on any atom is -0.458 e. The van der Waals surface area contributed by atoms with Gasteiger partial charge in [0, 0.05) is 28.2 Å². The number of hydrogen-bond acceptors (Lipinski definition) is 5. The van der Waals surface area contributed by atoms with E-state index in [1.807, 2.05) is 42.9 Å². The Morgan fingerprint density at radius 2 is 1.33 bits per heavy atom. The highest BCUT2D eigenvalue weighted by Crippen LogP contribution is 2.47. The molecule has 4 heterocycles. The minimum atomic E-state index is 0.643. The smallest absolute Gasteiger partial charge is 0.162 e. The number of para-hydroxylation sites is 1. The number of nitrogens with zero attached hydrogens (tertiary/aromatic N) is 2. The molecule has 1 aliphatic rings. The molecule has 0 spiro atoms. The van der Waals surface area contributed by atoms with Gasteiger partial charge in [-0.1, -0.05) is 97.1 Å². The summed E-state index contributed by atoms with van der Waals surface area (Å²) in [5.74, 6) is 0.922. The van der Waals surface area contributed by atoms with Gasteiger partial charge < -0.3 is 19.1 Å². The first-order valence-corrected chi connectivity index (χ1v) is 17.2. The molecule has 3 aromatic heterocycles. The lowest BCUT2D eigenvalue weighted by Crippen LogP contribution is -2.12. The zero-order chi connectivity index (χ0) is 33.5. The van der Waals surface area contributed by atoms with Gasteiger partial charge >= 0.3 is 0 Å². The summed E-state index contributed by atoms with van der Waals surface area (Å²) >= 11 is 0. The summed E-state index contributed by atoms with van der Waals surface area (Å²) in [7, 11) is 0. The summed E-state index contributed by atoms with van der Waals surface area (Å²) in [5, 5.41) is 13.9. The summed E-state index contributed by atoms with van der Waals surface area (Å²) in [6.07, 6.45) is 7.90. The number of pyridine rings is 1. The van der Waals surface area contributed by atoms with Crippen LogP contribution in [-0.2, 0) is 6.54 Å². The Morgan fingerprint density at radius 3 is 2.24 bits per heavy atom. The Hall–Kier alpha value is -6.85. The molecule has 5 nitrogen and oxygen atoms in total. The molecule has 0 aliphatic carbocycles. The standard InChI is InChI=1S/C46H29N3O2/c1-2-9-31-28(8-1)18-21-34-32-10-3-4-11-33(32)37(24-38(31)34)29-16-19-30(20-17-29)49(40-13-7-15-43-45(40)36-22-23-47-27-44(36)50-43)41-26-48-25-39-35-12-5-6-14-42(35)51-46(39)41/h1-26,47H,27H2. The number of nitrogens with one attached hydrogen (secondary N) is 1. The third kappa shape index (κ3) is 4.18. The van der Waals surface area contributed by atoms with E-state index in [4.69, 9.17) is 13.8 Å². The topological polar surface area (TPSA) is 54.4 Å². The van der Waals surface area contributed by atoms with Crippen LogP contribution in [0, 0.1) is 0 Å². The van der Waals surface area contributed by atoms with Crippen molar-refractivity contribution in [2.45, 2.75) is 6.54 Å². The van der Waals surface area contributed by atoms with Gasteiger partial charge in [-0.05, 0) is 92.1 Å². The van der Waals surface area contributed by atoms with Crippen molar-refractivity contribution >= 4 is 88.4 Å². The van der Waals surface area contributed by atoms with E-state index in [1.54, 1.807) is 0 Å². The van der Waals surface area contributed by atoms with Crippen molar-refractivity contribution in [2.24, 2.45) is 0 Å². The van der Waals surface area contributed by atoms with Crippen LogP contribution in [0.25, 0.3) is 82.4 Å². The van der Waals surface area contributed by atoms with Gasteiger partial charge in [-0.25, -0.2) is 0 Å². The Balaban J connectivity index is 1.15. The predicted molar refractivity (Wildman–Crippen MR) is 210 cm³/mol. The Morgan fingerprint density at radius 1 is 0.569 bits per heavy atom. The number of fused-ring (bicyclic) bond motifs is 11. The number of hydrogen-bond donors (Lipinski definition) is 1. The third-order valence-electron chi connectivity index (χ3n) is 10.4. The van der Waals surface area contributed by atoms with Gasteiger partial charge in [0.05, 0.1) is 23.8 Å². The second kappa shape index (κ2) is 10.8. The number of aromatic nitrogens is 1. The van der Waals surface area contributed by atoms with E-state index in [0.29, 0.717) is 6.54 Å². The van der Waals surface area contributed by atoms with E-state index in [1.165, 1.54) is 37.9 Å². The SMILES string of the molecule is C1=Cc2c(oc3cccc(N(c4ccc(-c5cc6c7ccccc7ccc6c6ccccc56)cc4)c4cncc5c4oc4ccccc45)c23)CN1. The minimum absolute atomic E-state index is 0.643. The van der Waals surface area contributed by atoms with E-state index in [2.05, 4.69) is 125 Å². The van der Waals surface area contributed by atoms with E-state index in [0.717, 1.165) is 66.9 Å². The van der Waals surface area contributed by atoms with Crippen molar-refractivity contribution in [2.75, 3.05) is 4.90 Å². The van der Waals surface area contributed by atoms with Crippen LogP contribution in [0.4, 0.5) is 17.1 Å². The van der Waals surface area contributed by atoms with Crippen LogP contribution in [-0.4, -0.2) is 4.98 Å². The van der Waals surface area contributed by atoms with E-state index in [9.17, 15) is 0 Å². The molecule has 0 saturated carbocycles. The highest BCUT2D eigenvalue weighted by Gasteiger charge is 2.25. The van der Waals surface area contributed by atoms with Crippen molar-refractivity contribution in [3.05, 3.63) is 163 Å². The Bertz CT molecular complexity index is 3040. The molecule has 0 fully saturated rings. The van der Waals surface area contributed by atoms with Crippen LogP contribution in [0.3, 0.4) is 0 Å². The summed E-state index contributed by atoms with van der Waals surface area (Å²) < 4.78 is 13.0. The van der Waals surface area contributed by atoms with Crippen molar-refractivity contribution in [1.82, 2.24) is 10.3 Å². The van der Waals surface area contributed by atoms with Crippen LogP contribution in [0.2, 0.25) is 0 Å². The summed E-state index contributed by atoms with van der Waals surface area (Å²) in [5.41, 5.74) is 8.75. The van der Waals surface area contributed by atoms with Crippen LogP contribution >= 0.6 is 0 Å². The predicted octanol–water partition coefficient (Wildman–Crippen LogP) is 12.4. The lowest BCUT2D eigenvalue weighted by Gasteiger charge is -2.26. The van der Waals surface area contributed by atoms with Crippen molar-refractivity contribution in [3.63, 3.8) is 0 Å². The van der Waals surface area contributed by atoms with E-state index < -0.39 is 0 Å². The Kier molecular flexibility index (Phi) is 5.95. The molecule has 0 bridgehead atoms. The molecule has 1 N–H and O–H groups in total. The maximum Gasteiger partial charge on any atom is 0.162 e. The lowest BCUT2D eigenvalue weighted by atomic mass is 9.91. The largest absolute Gasteiger partial charge is 0.458 e. The molecule has 1 aliphatic heterocycles. The molecular formula is C46H29N3O2. The second-order valence-electron chi connectivity index (χ2n) is 13.2. The van der Waals surface area contributed by atoms with Crippen LogP contribution in [0.15, 0.2) is 161 Å². The Labute approximate surface area is 292 Å². The van der Waals surface area contributed by atoms with E-state index >= 15 is 0 Å². The van der Waals surface area contributed by atoms with Crippen LogP contribution in [0.1, 0.15) is 11.3 Å². The van der Waals surface area contributed by atoms with E-state index in [-0.39, 0.29) is 0 Å². The average molecular weight is 656 g/mol. The van der Waals surface area contributed by atoms with Gasteiger partial charge in [-0.2, -0.15) is 0 Å². The molecule has 0 amide bonds. The van der Waals surface area contributed by atoms with Gasteiger partial charge in [-0.15, -0.1) is 0 Å². The molecule has 51 heavy (non-hydrogen) atoms. The third-order valence-corrected chi connectivity index (χ3v) is 10.4. The van der Waals surface area contributed by atoms with Crippen molar-refractivity contribution in [1.29, 1.82) is 0 Å². The zero-order valence-electron chi connectivity index (χ0n) is 27.4. The van der Waals surface area contributed by atoms with Crippen molar-refractivity contribution < 1.29 is 8.83 Å². The quantitative estimate of drug-likeness (QED) is 0.191. The molecular weight excluding hydrogens is 627 g/mol. The molecule has 0 radical (unpaired) electrons. The van der Waals surface area contributed by atoms with Gasteiger partial charge in [-0.3, -0.25) is 4.98 Å². The average Bonchev–Trinajstić information content (AvgIpc) is 3.77. The monoisotopic (exact) mass is 655 g/mol. The maximum absolute atomic E-state index is 6.60. The fraction of sp³-hybridized carbons (Fsp3) is 0.0217. The lowest BCUT2D eigenvalue weighted by molar-refractivity contribution is 0.532. The molecule has 0 atom stereocenters. The molecule has 5 heteroatoms. The fourth-order valence-electron chi connectivity index (χ4n) is 8.07. The molecule has 10 aromatic rings. The second-order valence-corrected chi connectivity index (χ2v) is 13.2. The van der Waals surface area contributed by atoms with Gasteiger partial charge in [0.15, 0.2) is 5.58 Å². The number of rotatable bonds is 4. The van der Waals surface area contributed by atoms with Crippen LogP contribution < -0.4 is 10.2 Å². The number of anilines is 3. The first-order chi connectivity index (χ1) is 25.3. The fourth-order valence-corrected chi connectivity index (χ4v) is 8.07. The zero-order valence-corrected chi connectivity index (χ0v) is 27.4. The summed E-state index contributed by atoms with van der Waals surface area (Å²) in [6, 6.07) is 47.6. The first-order valence-electron chi connectivity index (χ1n) is 17.2. The molecule has 7 aromatic carbocycles. The van der Waals surface area contributed by atoms with Gasteiger partial charge in [0.25, 0.3) is 0 Å². The summed E-state index contributed by atoms with van der Waals surface area (Å²) in [4.78, 5) is 7.03. The van der Waals surface area contributed by atoms with Gasteiger partial charge in [0.2, 0.25) is 0 Å². The molecule has 0 saturated heterocycles. The molecule has 11 rings (SSSR count). The first kappa shape index (κ1) is 28.0. The highest BCUT2D eigenvalue weighted by atomic mass is 16.3. The molecule has 0 unspecified atom stereocenters. The highest BCUT2D eigenvalue weighted by molar-refractivity contribution is 6.21. The summed E-state index contributed by atoms with van der Waals surface area (Å²) in [6.45, 7) is 0.643. The number of furan rings is 2. The maximum atomic E-state index is 6.60. The normalized spacial score (nSPS) is 12.7. The van der Waals surface area contributed by atoms with Gasteiger partial charge in [0.1, 0.15) is 22.6 Å². The van der Waals surface area contributed by atoms with Crippen molar-refractivity contribution in [3.8, 4) is 11.1 Å². The molecule has 240 valence electrons. The number of benzene rings is 7. The van der Waals surface area contributed by atoms with Crippen LogP contribution in [0.5, 0.6) is 0 Å².